The molecule has 3 rings (SSSR count). The molecular formula is C24H24F2N2O5. The maximum atomic E-state index is 14.2. The van der Waals surface area contributed by atoms with Crippen molar-refractivity contribution in [1.82, 2.24) is 9.88 Å². The average Bonchev–Trinajstić information content (AvgIpc) is 3.03. The molecule has 174 valence electrons. The van der Waals surface area contributed by atoms with Crippen molar-refractivity contribution in [1.29, 1.82) is 0 Å². The number of nitrogens with one attached hydrogen (secondary N) is 1. The predicted octanol–water partition coefficient (Wildman–Crippen LogP) is 4.10. The van der Waals surface area contributed by atoms with E-state index in [0.29, 0.717) is 5.56 Å². The van der Waals surface area contributed by atoms with E-state index in [1.165, 1.54) is 32.0 Å². The van der Waals surface area contributed by atoms with E-state index in [1.54, 1.807) is 13.8 Å². The lowest BCUT2D eigenvalue weighted by atomic mass is 9.93. The number of carbonyl (C=O) groups excluding carboxylic acids is 2. The fourth-order valence-corrected chi connectivity index (χ4v) is 3.81. The first kappa shape index (κ1) is 23.9. The molecule has 0 aliphatic rings. The zero-order chi connectivity index (χ0) is 24.7. The SMILES string of the molecule is CCC(C)(NC(=O)[C@H](C)c1c(C)n(C(=O)c2cccc(F)c2)c2cc(F)c(O)cc12)C(=O)O. The van der Waals surface area contributed by atoms with E-state index in [9.17, 15) is 33.4 Å². The number of nitrogens with zero attached hydrogens (tertiary/aromatic N) is 1. The summed E-state index contributed by atoms with van der Waals surface area (Å²) in [7, 11) is 0. The summed E-state index contributed by atoms with van der Waals surface area (Å²) in [6.07, 6.45) is 0.131. The number of phenolic OH excluding ortho intramolecular Hbond substituents is 1. The number of hydrogen-bond acceptors (Lipinski definition) is 4. The highest BCUT2D eigenvalue weighted by atomic mass is 19.1. The van der Waals surface area contributed by atoms with Crippen LogP contribution in [0.5, 0.6) is 5.75 Å². The zero-order valence-corrected chi connectivity index (χ0v) is 18.6. The number of aliphatic carboxylic acids is 1. The molecule has 7 nitrogen and oxygen atoms in total. The lowest BCUT2D eigenvalue weighted by Gasteiger charge is -2.26. The van der Waals surface area contributed by atoms with E-state index in [-0.39, 0.29) is 28.6 Å². The Hall–Kier alpha value is -3.75. The minimum Gasteiger partial charge on any atom is -0.505 e. The fraction of sp³-hybridized carbons (Fsp3) is 0.292. The van der Waals surface area contributed by atoms with Crippen molar-refractivity contribution in [3.63, 3.8) is 0 Å². The molecule has 3 aromatic rings. The van der Waals surface area contributed by atoms with Crippen LogP contribution in [0.3, 0.4) is 0 Å². The second-order valence-corrected chi connectivity index (χ2v) is 8.17. The van der Waals surface area contributed by atoms with Crippen LogP contribution < -0.4 is 5.32 Å². The Morgan fingerprint density at radius 2 is 1.85 bits per heavy atom. The number of fused-ring (bicyclic) bond motifs is 1. The van der Waals surface area contributed by atoms with Crippen LogP contribution in [0.2, 0.25) is 0 Å². The molecule has 3 N–H and O–H groups in total. The minimum atomic E-state index is -1.51. The van der Waals surface area contributed by atoms with Crippen LogP contribution in [0.4, 0.5) is 8.78 Å². The summed E-state index contributed by atoms with van der Waals surface area (Å²) in [5, 5.41) is 22.2. The number of benzene rings is 2. The maximum Gasteiger partial charge on any atom is 0.329 e. The zero-order valence-electron chi connectivity index (χ0n) is 18.6. The molecule has 0 aliphatic heterocycles. The molecule has 2 aromatic carbocycles. The third kappa shape index (κ3) is 4.18. The first-order valence-electron chi connectivity index (χ1n) is 10.3. The van der Waals surface area contributed by atoms with Gasteiger partial charge in [-0.1, -0.05) is 13.0 Å². The molecule has 0 saturated heterocycles. The number of hydrogen-bond donors (Lipinski definition) is 3. The highest BCUT2D eigenvalue weighted by Gasteiger charge is 2.36. The molecule has 0 saturated carbocycles. The van der Waals surface area contributed by atoms with Crippen molar-refractivity contribution < 1.29 is 33.4 Å². The number of halogens is 2. The van der Waals surface area contributed by atoms with Crippen LogP contribution in [0.1, 0.15) is 54.7 Å². The number of amides is 1. The largest absolute Gasteiger partial charge is 0.505 e. The third-order valence-electron chi connectivity index (χ3n) is 6.00. The quantitative estimate of drug-likeness (QED) is 0.516. The van der Waals surface area contributed by atoms with Gasteiger partial charge in [0, 0.05) is 22.7 Å². The number of aromatic nitrogens is 1. The summed E-state index contributed by atoms with van der Waals surface area (Å²) in [5.74, 6) is -5.69. The molecule has 0 radical (unpaired) electrons. The van der Waals surface area contributed by atoms with Crippen LogP contribution in [0.15, 0.2) is 36.4 Å². The number of carbonyl (C=O) groups is 3. The first-order chi connectivity index (χ1) is 15.4. The summed E-state index contributed by atoms with van der Waals surface area (Å²) in [5.41, 5.74) is -0.824. The maximum absolute atomic E-state index is 14.2. The molecule has 2 atom stereocenters. The fourth-order valence-electron chi connectivity index (χ4n) is 3.81. The van der Waals surface area contributed by atoms with Crippen LogP contribution in [-0.4, -0.2) is 38.1 Å². The minimum absolute atomic E-state index is 0.0107. The summed E-state index contributed by atoms with van der Waals surface area (Å²) >= 11 is 0. The summed E-state index contributed by atoms with van der Waals surface area (Å²) in [6.45, 7) is 6.06. The van der Waals surface area contributed by atoms with Crippen LogP contribution in [0.25, 0.3) is 10.9 Å². The molecule has 9 heteroatoms. The smallest absolute Gasteiger partial charge is 0.329 e. The number of carboxylic acids is 1. The van der Waals surface area contributed by atoms with Gasteiger partial charge in [-0.25, -0.2) is 13.6 Å². The molecule has 0 fully saturated rings. The van der Waals surface area contributed by atoms with Crippen molar-refractivity contribution in [2.24, 2.45) is 0 Å². The molecule has 1 heterocycles. The van der Waals surface area contributed by atoms with Gasteiger partial charge in [-0.15, -0.1) is 0 Å². The van der Waals surface area contributed by atoms with Crippen molar-refractivity contribution in [2.75, 3.05) is 0 Å². The Morgan fingerprint density at radius 1 is 1.18 bits per heavy atom. The monoisotopic (exact) mass is 458 g/mol. The van der Waals surface area contributed by atoms with Crippen molar-refractivity contribution in [2.45, 2.75) is 45.6 Å². The number of rotatable bonds is 6. The van der Waals surface area contributed by atoms with E-state index < -0.39 is 46.6 Å². The van der Waals surface area contributed by atoms with Crippen LogP contribution >= 0.6 is 0 Å². The van der Waals surface area contributed by atoms with Crippen molar-refractivity contribution in [3.05, 3.63) is 64.9 Å². The van der Waals surface area contributed by atoms with Gasteiger partial charge in [0.1, 0.15) is 11.4 Å². The first-order valence-corrected chi connectivity index (χ1v) is 10.3. The lowest BCUT2D eigenvalue weighted by molar-refractivity contribution is -0.147. The number of carboxylic acid groups (broad SMARTS) is 1. The van der Waals surface area contributed by atoms with Gasteiger partial charge in [-0.3, -0.25) is 14.2 Å². The second-order valence-electron chi connectivity index (χ2n) is 8.17. The van der Waals surface area contributed by atoms with E-state index in [4.69, 9.17) is 0 Å². The Morgan fingerprint density at radius 3 is 2.42 bits per heavy atom. The molecule has 1 amide bonds. The summed E-state index contributed by atoms with van der Waals surface area (Å²) in [4.78, 5) is 37.9. The second kappa shape index (κ2) is 8.65. The van der Waals surface area contributed by atoms with Crippen molar-refractivity contribution in [3.8, 4) is 5.75 Å². The van der Waals surface area contributed by atoms with Gasteiger partial charge in [0.15, 0.2) is 11.6 Å². The summed E-state index contributed by atoms with van der Waals surface area (Å²) < 4.78 is 29.1. The Kier molecular flexibility index (Phi) is 6.26. The molecule has 0 aliphatic carbocycles. The molecular weight excluding hydrogens is 434 g/mol. The molecule has 1 aromatic heterocycles. The lowest BCUT2D eigenvalue weighted by Crippen LogP contribution is -2.52. The molecule has 1 unspecified atom stereocenters. The average molecular weight is 458 g/mol. The van der Waals surface area contributed by atoms with Gasteiger partial charge in [0.05, 0.1) is 11.4 Å². The summed E-state index contributed by atoms with van der Waals surface area (Å²) in [6, 6.07) is 7.08. The molecule has 0 bridgehead atoms. The van der Waals surface area contributed by atoms with Gasteiger partial charge in [0.25, 0.3) is 5.91 Å². The number of aromatic hydroxyl groups is 1. The van der Waals surface area contributed by atoms with Gasteiger partial charge in [0.2, 0.25) is 5.91 Å². The van der Waals surface area contributed by atoms with Crippen LogP contribution in [-0.2, 0) is 9.59 Å². The Labute approximate surface area is 188 Å². The van der Waals surface area contributed by atoms with E-state index >= 15 is 0 Å². The van der Waals surface area contributed by atoms with Crippen molar-refractivity contribution >= 4 is 28.7 Å². The third-order valence-corrected chi connectivity index (χ3v) is 6.00. The van der Waals surface area contributed by atoms with E-state index in [0.717, 1.165) is 22.8 Å². The number of phenols is 1. The van der Waals surface area contributed by atoms with Gasteiger partial charge < -0.3 is 15.5 Å². The van der Waals surface area contributed by atoms with Gasteiger partial charge in [-0.2, -0.15) is 0 Å². The highest BCUT2D eigenvalue weighted by molar-refractivity contribution is 6.06. The predicted molar refractivity (Wildman–Crippen MR) is 117 cm³/mol. The molecule has 33 heavy (non-hydrogen) atoms. The van der Waals surface area contributed by atoms with Gasteiger partial charge in [-0.05, 0) is 57.0 Å². The molecule has 0 spiro atoms. The van der Waals surface area contributed by atoms with Gasteiger partial charge >= 0.3 is 5.97 Å². The van der Waals surface area contributed by atoms with E-state index in [2.05, 4.69) is 5.32 Å². The topological polar surface area (TPSA) is 109 Å². The van der Waals surface area contributed by atoms with E-state index in [1.807, 2.05) is 0 Å². The standard InChI is InChI=1S/C24H24F2N2O5/c1-5-24(4,23(32)33)27-21(30)12(2)20-13(3)28(18-11-17(26)19(29)10-16(18)20)22(31)14-7-6-8-15(25)9-14/h6-12,29H,5H2,1-4H3,(H,27,30)(H,32,33)/t12-,24?/m1/s1. The Balaban J connectivity index is 2.19. The Bertz CT molecular complexity index is 1280. The highest BCUT2D eigenvalue weighted by Crippen LogP contribution is 2.36. The van der Waals surface area contributed by atoms with Crippen LogP contribution in [0, 0.1) is 18.6 Å². The normalized spacial score (nSPS) is 14.0.